The van der Waals surface area contributed by atoms with Gasteiger partial charge in [0, 0.05) is 12.7 Å². The Labute approximate surface area is 109 Å². The average molecular weight is 274 g/mol. The van der Waals surface area contributed by atoms with Crippen LogP contribution in [0.1, 0.15) is 43.6 Å². The molecule has 1 aromatic rings. The third-order valence-corrected chi connectivity index (χ3v) is 4.30. The molecular formula is C12H22N2O3S. The molecule has 1 rings (SSSR count). The van der Waals surface area contributed by atoms with E-state index >= 15 is 0 Å². The van der Waals surface area contributed by atoms with Crippen molar-refractivity contribution in [1.29, 1.82) is 0 Å². The van der Waals surface area contributed by atoms with Crippen molar-refractivity contribution in [3.63, 3.8) is 0 Å². The summed E-state index contributed by atoms with van der Waals surface area (Å²) in [6.07, 6.45) is 5.50. The first-order valence-corrected chi connectivity index (χ1v) is 8.24. The first-order valence-electron chi connectivity index (χ1n) is 6.29. The fourth-order valence-electron chi connectivity index (χ4n) is 1.51. The molecule has 1 N–H and O–H groups in total. The Hall–Kier alpha value is -0.880. The van der Waals surface area contributed by atoms with Crippen molar-refractivity contribution in [3.8, 4) is 0 Å². The van der Waals surface area contributed by atoms with Crippen molar-refractivity contribution in [2.75, 3.05) is 19.3 Å². The Morgan fingerprint density at radius 1 is 1.44 bits per heavy atom. The van der Waals surface area contributed by atoms with Gasteiger partial charge in [0.2, 0.25) is 0 Å². The third kappa shape index (κ3) is 4.78. The molecule has 18 heavy (non-hydrogen) atoms. The lowest BCUT2D eigenvalue weighted by Crippen LogP contribution is -2.16. The number of aryl methyl sites for hydroxylation is 1. The highest BCUT2D eigenvalue weighted by molar-refractivity contribution is 7.90. The standard InChI is InChI=1S/C12H22N2O3S/c1-4-7-13-8-5-6-12-14-9-11(17-12)10(2)18(3,15)16/h9-10,13H,4-8H2,1-3H3. The van der Waals surface area contributed by atoms with E-state index in [1.54, 1.807) is 6.92 Å². The maximum atomic E-state index is 11.4. The minimum absolute atomic E-state index is 0.425. The Bertz CT molecular complexity index is 454. The van der Waals surface area contributed by atoms with Gasteiger partial charge in [0.05, 0.1) is 6.20 Å². The highest BCUT2D eigenvalue weighted by Gasteiger charge is 2.21. The first-order chi connectivity index (χ1) is 8.45. The molecule has 0 aliphatic heterocycles. The monoisotopic (exact) mass is 274 g/mol. The van der Waals surface area contributed by atoms with Crippen LogP contribution in [0.5, 0.6) is 0 Å². The molecule has 1 atom stereocenters. The predicted octanol–water partition coefficient (Wildman–Crippen LogP) is 1.71. The molecule has 0 amide bonds. The molecule has 0 fully saturated rings. The minimum atomic E-state index is -3.12. The van der Waals surface area contributed by atoms with Crippen LogP contribution in [0.2, 0.25) is 0 Å². The summed E-state index contributed by atoms with van der Waals surface area (Å²) in [5.41, 5.74) is 0. The van der Waals surface area contributed by atoms with E-state index in [1.165, 1.54) is 12.5 Å². The van der Waals surface area contributed by atoms with Crippen LogP contribution in [0.4, 0.5) is 0 Å². The summed E-state index contributed by atoms with van der Waals surface area (Å²) < 4.78 is 28.2. The SMILES string of the molecule is CCCNCCCc1ncc(C(C)S(C)(=O)=O)o1. The smallest absolute Gasteiger partial charge is 0.194 e. The summed E-state index contributed by atoms with van der Waals surface area (Å²) in [5, 5.41) is 2.67. The molecular weight excluding hydrogens is 252 g/mol. The molecule has 0 aliphatic carbocycles. The van der Waals surface area contributed by atoms with Gasteiger partial charge in [0.1, 0.15) is 11.0 Å². The van der Waals surface area contributed by atoms with Gasteiger partial charge in [-0.2, -0.15) is 0 Å². The minimum Gasteiger partial charge on any atom is -0.444 e. The van der Waals surface area contributed by atoms with Gasteiger partial charge in [-0.05, 0) is 32.9 Å². The molecule has 0 radical (unpaired) electrons. The van der Waals surface area contributed by atoms with Gasteiger partial charge >= 0.3 is 0 Å². The van der Waals surface area contributed by atoms with Crippen molar-refractivity contribution in [2.24, 2.45) is 0 Å². The number of nitrogens with one attached hydrogen (secondary N) is 1. The maximum Gasteiger partial charge on any atom is 0.194 e. The fraction of sp³-hybridized carbons (Fsp3) is 0.750. The summed E-state index contributed by atoms with van der Waals surface area (Å²) in [6.45, 7) is 5.68. The first kappa shape index (κ1) is 15.2. The normalized spacial score (nSPS) is 13.7. The number of aromatic nitrogens is 1. The van der Waals surface area contributed by atoms with Gasteiger partial charge in [-0.15, -0.1) is 0 Å². The molecule has 0 saturated carbocycles. The molecule has 1 aromatic heterocycles. The van der Waals surface area contributed by atoms with Crippen LogP contribution >= 0.6 is 0 Å². The van der Waals surface area contributed by atoms with Gasteiger partial charge in [-0.25, -0.2) is 13.4 Å². The quantitative estimate of drug-likeness (QED) is 0.731. The van der Waals surface area contributed by atoms with Gasteiger partial charge < -0.3 is 9.73 Å². The maximum absolute atomic E-state index is 11.4. The number of hydrogen-bond donors (Lipinski definition) is 1. The largest absolute Gasteiger partial charge is 0.444 e. The fourth-order valence-corrected chi connectivity index (χ4v) is 2.04. The molecule has 0 aliphatic rings. The molecule has 0 aromatic carbocycles. The van der Waals surface area contributed by atoms with Gasteiger partial charge in [0.15, 0.2) is 15.7 Å². The Balaban J connectivity index is 2.44. The average Bonchev–Trinajstić information content (AvgIpc) is 2.75. The number of rotatable bonds is 8. The second kappa shape index (κ2) is 6.89. The second-order valence-corrected chi connectivity index (χ2v) is 6.85. The number of oxazole rings is 1. The summed E-state index contributed by atoms with van der Waals surface area (Å²) in [6, 6.07) is 0. The highest BCUT2D eigenvalue weighted by atomic mass is 32.2. The van der Waals surface area contributed by atoms with Crippen molar-refractivity contribution in [3.05, 3.63) is 17.8 Å². The molecule has 0 bridgehead atoms. The summed E-state index contributed by atoms with van der Waals surface area (Å²) in [4.78, 5) is 4.11. The summed E-state index contributed by atoms with van der Waals surface area (Å²) in [5.74, 6) is 1.04. The van der Waals surface area contributed by atoms with Gasteiger partial charge in [0.25, 0.3) is 0 Å². The molecule has 6 heteroatoms. The van der Waals surface area contributed by atoms with Crippen LogP contribution < -0.4 is 5.32 Å². The Kier molecular flexibility index (Phi) is 5.81. The van der Waals surface area contributed by atoms with Crippen LogP contribution in [-0.4, -0.2) is 32.7 Å². The molecule has 0 spiro atoms. The zero-order valence-electron chi connectivity index (χ0n) is 11.3. The van der Waals surface area contributed by atoms with E-state index < -0.39 is 15.1 Å². The lowest BCUT2D eigenvalue weighted by atomic mass is 10.3. The van der Waals surface area contributed by atoms with Crippen molar-refractivity contribution in [1.82, 2.24) is 10.3 Å². The third-order valence-electron chi connectivity index (χ3n) is 2.79. The number of hydrogen-bond acceptors (Lipinski definition) is 5. The molecule has 0 saturated heterocycles. The predicted molar refractivity (Wildman–Crippen MR) is 71.2 cm³/mol. The molecule has 1 heterocycles. The van der Waals surface area contributed by atoms with Crippen LogP contribution in [0.25, 0.3) is 0 Å². The Morgan fingerprint density at radius 3 is 2.78 bits per heavy atom. The lowest BCUT2D eigenvalue weighted by molar-refractivity contribution is 0.443. The van der Waals surface area contributed by atoms with Gasteiger partial charge in [-0.3, -0.25) is 0 Å². The van der Waals surface area contributed by atoms with E-state index in [9.17, 15) is 8.42 Å². The summed E-state index contributed by atoms with van der Waals surface area (Å²) in [7, 11) is -3.12. The zero-order chi connectivity index (χ0) is 13.6. The van der Waals surface area contributed by atoms with Crippen LogP contribution in [0, 0.1) is 0 Å². The van der Waals surface area contributed by atoms with E-state index in [2.05, 4.69) is 17.2 Å². The van der Waals surface area contributed by atoms with Crippen LogP contribution in [-0.2, 0) is 16.3 Å². The van der Waals surface area contributed by atoms with Crippen molar-refractivity contribution < 1.29 is 12.8 Å². The van der Waals surface area contributed by atoms with Crippen LogP contribution in [0.3, 0.4) is 0 Å². The molecule has 104 valence electrons. The van der Waals surface area contributed by atoms with Crippen molar-refractivity contribution in [2.45, 2.75) is 38.4 Å². The van der Waals surface area contributed by atoms with E-state index in [0.29, 0.717) is 11.7 Å². The lowest BCUT2D eigenvalue weighted by Gasteiger charge is -2.04. The zero-order valence-corrected chi connectivity index (χ0v) is 12.1. The number of sulfone groups is 1. The topological polar surface area (TPSA) is 72.2 Å². The second-order valence-electron chi connectivity index (χ2n) is 4.48. The van der Waals surface area contributed by atoms with Gasteiger partial charge in [-0.1, -0.05) is 6.92 Å². The van der Waals surface area contributed by atoms with E-state index in [4.69, 9.17) is 4.42 Å². The van der Waals surface area contributed by atoms with Crippen molar-refractivity contribution >= 4 is 9.84 Å². The Morgan fingerprint density at radius 2 is 2.17 bits per heavy atom. The number of nitrogens with zero attached hydrogens (tertiary/aromatic N) is 1. The van der Waals surface area contributed by atoms with E-state index in [1.807, 2.05) is 0 Å². The highest BCUT2D eigenvalue weighted by Crippen LogP contribution is 2.21. The van der Waals surface area contributed by atoms with Crippen LogP contribution in [0.15, 0.2) is 10.6 Å². The molecule has 5 nitrogen and oxygen atoms in total. The molecule has 1 unspecified atom stereocenters. The summed E-state index contributed by atoms with van der Waals surface area (Å²) >= 11 is 0. The van der Waals surface area contributed by atoms with E-state index in [-0.39, 0.29) is 0 Å². The van der Waals surface area contributed by atoms with E-state index in [0.717, 1.165) is 32.4 Å².